The Labute approximate surface area is 173 Å². The molecule has 1 aliphatic carbocycles. The Morgan fingerprint density at radius 3 is 2.90 bits per heavy atom. The second-order valence-corrected chi connectivity index (χ2v) is 8.87. The molecule has 0 unspecified atom stereocenters. The lowest BCUT2D eigenvalue weighted by Crippen LogP contribution is -2.61. The van der Waals surface area contributed by atoms with Gasteiger partial charge >= 0.3 is 0 Å². The Hall–Kier alpha value is -2.94. The molecule has 3 aromatic rings. The van der Waals surface area contributed by atoms with Crippen LogP contribution in [0.5, 0.6) is 5.88 Å². The van der Waals surface area contributed by atoms with Gasteiger partial charge in [0.1, 0.15) is 11.1 Å². The van der Waals surface area contributed by atoms with Crippen molar-refractivity contribution in [1.29, 1.82) is 0 Å². The monoisotopic (exact) mass is 408 g/mol. The first-order valence-corrected chi connectivity index (χ1v) is 10.4. The van der Waals surface area contributed by atoms with Crippen LogP contribution in [-0.2, 0) is 16.6 Å². The molecule has 3 aliphatic rings. The van der Waals surface area contributed by atoms with Crippen LogP contribution in [0.15, 0.2) is 30.9 Å². The Kier molecular flexibility index (Phi) is 3.60. The summed E-state index contributed by atoms with van der Waals surface area (Å²) in [5.41, 5.74) is 2.14. The summed E-state index contributed by atoms with van der Waals surface area (Å²) in [5, 5.41) is 8.63. The lowest BCUT2D eigenvalue weighted by Gasteiger charge is -2.51. The molecule has 9 heteroatoms. The molecule has 0 aromatic carbocycles. The average molecular weight is 408 g/mol. The van der Waals surface area contributed by atoms with E-state index < -0.39 is 0 Å². The summed E-state index contributed by atoms with van der Waals surface area (Å²) in [7, 11) is 1.88. The number of amides is 1. The minimum absolute atomic E-state index is 0.0498. The largest absolute Gasteiger partial charge is 0.469 e. The van der Waals surface area contributed by atoms with Gasteiger partial charge in [-0.2, -0.15) is 10.2 Å². The summed E-state index contributed by atoms with van der Waals surface area (Å²) in [6.45, 7) is 4.84. The van der Waals surface area contributed by atoms with Crippen molar-refractivity contribution in [3.63, 3.8) is 0 Å². The molecule has 156 valence electrons. The van der Waals surface area contributed by atoms with Crippen LogP contribution < -0.4 is 4.74 Å². The highest BCUT2D eigenvalue weighted by Gasteiger charge is 2.61. The molecule has 3 aromatic heterocycles. The van der Waals surface area contributed by atoms with Crippen molar-refractivity contribution in [2.75, 3.05) is 6.54 Å². The van der Waals surface area contributed by atoms with Crippen LogP contribution in [-0.4, -0.2) is 65.6 Å². The predicted molar refractivity (Wildman–Crippen MR) is 107 cm³/mol. The maximum atomic E-state index is 12.6. The van der Waals surface area contributed by atoms with Gasteiger partial charge in [-0.3, -0.25) is 9.48 Å². The summed E-state index contributed by atoms with van der Waals surface area (Å²) < 4.78 is 15.5. The number of ether oxygens (including phenoxy) is 2. The predicted octanol–water partition coefficient (Wildman–Crippen LogP) is 1.68. The molecule has 0 spiro atoms. The fourth-order valence-electron chi connectivity index (χ4n) is 5.11. The molecule has 0 N–H and O–H groups in total. The van der Waals surface area contributed by atoms with Crippen LogP contribution in [0.25, 0.3) is 16.8 Å². The zero-order chi connectivity index (χ0) is 20.6. The highest BCUT2D eigenvalue weighted by Crippen LogP contribution is 2.51. The summed E-state index contributed by atoms with van der Waals surface area (Å²) in [6, 6.07) is 2.13. The second-order valence-electron chi connectivity index (χ2n) is 8.87. The van der Waals surface area contributed by atoms with Crippen molar-refractivity contribution in [3.05, 3.63) is 30.9 Å². The van der Waals surface area contributed by atoms with Gasteiger partial charge in [0.2, 0.25) is 5.88 Å². The van der Waals surface area contributed by atoms with Gasteiger partial charge in [0, 0.05) is 43.7 Å². The van der Waals surface area contributed by atoms with Crippen molar-refractivity contribution in [2.24, 2.45) is 13.0 Å². The van der Waals surface area contributed by atoms with Gasteiger partial charge in [-0.1, -0.05) is 0 Å². The van der Waals surface area contributed by atoms with Crippen molar-refractivity contribution >= 4 is 11.4 Å². The van der Waals surface area contributed by atoms with E-state index in [1.54, 1.807) is 21.6 Å². The van der Waals surface area contributed by atoms with Gasteiger partial charge < -0.3 is 14.4 Å². The molecule has 9 nitrogen and oxygen atoms in total. The first-order chi connectivity index (χ1) is 14.4. The molecule has 6 rings (SSSR count). The van der Waals surface area contributed by atoms with E-state index in [-0.39, 0.29) is 29.8 Å². The number of carbonyl (C=O) groups excluding carboxylic acids is 1. The van der Waals surface area contributed by atoms with Crippen molar-refractivity contribution < 1.29 is 14.3 Å². The van der Waals surface area contributed by atoms with Gasteiger partial charge in [-0.05, 0) is 26.3 Å². The molecule has 0 radical (unpaired) electrons. The number of hydrogen-bond donors (Lipinski definition) is 0. The van der Waals surface area contributed by atoms with Crippen LogP contribution in [0.1, 0.15) is 26.7 Å². The molecular formula is C21H24N6O3. The molecule has 1 amide bonds. The molecular weight excluding hydrogens is 384 g/mol. The zero-order valence-electron chi connectivity index (χ0n) is 17.2. The number of epoxide rings is 1. The quantitative estimate of drug-likeness (QED) is 0.610. The highest BCUT2D eigenvalue weighted by atomic mass is 16.6. The van der Waals surface area contributed by atoms with Gasteiger partial charge in [0.05, 0.1) is 30.4 Å². The Morgan fingerprint density at radius 2 is 2.17 bits per heavy atom. The maximum absolute atomic E-state index is 12.6. The van der Waals surface area contributed by atoms with Gasteiger partial charge in [0.15, 0.2) is 6.10 Å². The minimum atomic E-state index is -0.360. The summed E-state index contributed by atoms with van der Waals surface area (Å²) in [6.07, 6.45) is 8.87. The van der Waals surface area contributed by atoms with E-state index in [9.17, 15) is 4.79 Å². The van der Waals surface area contributed by atoms with Crippen LogP contribution in [0.4, 0.5) is 0 Å². The topological polar surface area (TPSA) is 90.1 Å². The van der Waals surface area contributed by atoms with E-state index in [4.69, 9.17) is 14.5 Å². The summed E-state index contributed by atoms with van der Waals surface area (Å²) in [4.78, 5) is 19.5. The fourth-order valence-corrected chi connectivity index (χ4v) is 5.11. The fraction of sp³-hybridized carbons (Fsp3) is 0.524. The minimum Gasteiger partial charge on any atom is -0.469 e. The summed E-state index contributed by atoms with van der Waals surface area (Å²) >= 11 is 0. The van der Waals surface area contributed by atoms with E-state index in [0.29, 0.717) is 11.8 Å². The van der Waals surface area contributed by atoms with Crippen molar-refractivity contribution in [1.82, 2.24) is 29.3 Å². The Morgan fingerprint density at radius 1 is 1.33 bits per heavy atom. The first kappa shape index (κ1) is 17.9. The van der Waals surface area contributed by atoms with Gasteiger partial charge in [0.25, 0.3) is 5.91 Å². The van der Waals surface area contributed by atoms with Crippen LogP contribution in [0, 0.1) is 5.92 Å². The molecule has 2 aliphatic heterocycles. The van der Waals surface area contributed by atoms with Gasteiger partial charge in [-0.15, -0.1) is 0 Å². The van der Waals surface area contributed by atoms with E-state index in [1.165, 1.54) is 0 Å². The molecule has 0 bridgehead atoms. The van der Waals surface area contributed by atoms with E-state index in [0.717, 1.165) is 36.2 Å². The molecule has 5 heterocycles. The normalized spacial score (nSPS) is 32.2. The second kappa shape index (κ2) is 6.04. The van der Waals surface area contributed by atoms with Crippen LogP contribution in [0.2, 0.25) is 0 Å². The third kappa shape index (κ3) is 2.57. The van der Waals surface area contributed by atoms with E-state index >= 15 is 0 Å². The SMILES string of the molecule is C[C@@H]1O[C@H]1C(=O)N1CC[C@@H]2[C@H]1C[C@]2(C)Oc1nc(-c2cnn(C)c2)cn2nccc12. The maximum Gasteiger partial charge on any atom is 0.254 e. The molecule has 2 saturated heterocycles. The molecule has 5 atom stereocenters. The molecule has 1 saturated carbocycles. The first-order valence-electron chi connectivity index (χ1n) is 10.4. The van der Waals surface area contributed by atoms with E-state index in [2.05, 4.69) is 17.1 Å². The molecule has 30 heavy (non-hydrogen) atoms. The van der Waals surface area contributed by atoms with Crippen molar-refractivity contribution in [2.45, 2.75) is 50.5 Å². The Bertz CT molecular complexity index is 1150. The lowest BCUT2D eigenvalue weighted by atomic mass is 9.66. The average Bonchev–Trinajstić information content (AvgIpc) is 3.10. The number of nitrogens with zero attached hydrogens (tertiary/aromatic N) is 6. The van der Waals surface area contributed by atoms with Crippen LogP contribution >= 0.6 is 0 Å². The third-order valence-electron chi connectivity index (χ3n) is 6.87. The zero-order valence-corrected chi connectivity index (χ0v) is 17.2. The standard InChI is InChI=1S/C21H24N6O3/c1-12-18(29-12)20(28)26-7-5-14-17(26)8-21(14,2)30-19-16-4-6-22-27(16)11-15(24-19)13-9-23-25(3)10-13/h4,6,9-12,14,17-18H,5,7-8H2,1-3H3/t12-,14+,17+,18+,21-/m0/s1. The number of aromatic nitrogens is 5. The third-order valence-corrected chi connectivity index (χ3v) is 6.87. The molecule has 3 fully saturated rings. The number of carbonyl (C=O) groups is 1. The highest BCUT2D eigenvalue weighted by molar-refractivity contribution is 5.84. The Balaban J connectivity index is 1.27. The summed E-state index contributed by atoms with van der Waals surface area (Å²) in [5.74, 6) is 0.994. The lowest BCUT2D eigenvalue weighted by molar-refractivity contribution is -0.143. The smallest absolute Gasteiger partial charge is 0.254 e. The number of fused-ring (bicyclic) bond motifs is 2. The van der Waals surface area contributed by atoms with Crippen LogP contribution in [0.3, 0.4) is 0 Å². The van der Waals surface area contributed by atoms with Gasteiger partial charge in [-0.25, -0.2) is 9.50 Å². The number of rotatable bonds is 4. The van der Waals surface area contributed by atoms with Crippen molar-refractivity contribution in [3.8, 4) is 17.1 Å². The number of aryl methyl sites for hydroxylation is 1. The number of hydrogen-bond acceptors (Lipinski definition) is 6. The van der Waals surface area contributed by atoms with E-state index in [1.807, 2.05) is 37.3 Å². The number of likely N-dealkylation sites (tertiary alicyclic amines) is 1.